The van der Waals surface area contributed by atoms with Crippen LogP contribution in [0.5, 0.6) is 0 Å². The number of pyridine rings is 1. The average Bonchev–Trinajstić information content (AvgIpc) is 3.33. The lowest BCUT2D eigenvalue weighted by molar-refractivity contribution is 0.673. The molecule has 3 aromatic heterocycles. The van der Waals surface area contributed by atoms with Crippen molar-refractivity contribution in [2.75, 3.05) is 0 Å². The molecule has 0 N–H and O–H groups in total. The number of nitrogens with zero attached hydrogens (tertiary/aromatic N) is 2. The number of furan rings is 1. The highest BCUT2D eigenvalue weighted by molar-refractivity contribution is 6.20. The van der Waals surface area contributed by atoms with Gasteiger partial charge in [-0.1, -0.05) is 54.6 Å². The molecule has 0 saturated carbocycles. The Morgan fingerprint density at radius 2 is 1.43 bits per heavy atom. The number of rotatable bonds is 1. The zero-order chi connectivity index (χ0) is 19.7. The van der Waals surface area contributed by atoms with Crippen LogP contribution < -0.4 is 0 Å². The first kappa shape index (κ1) is 15.8. The summed E-state index contributed by atoms with van der Waals surface area (Å²) in [5.41, 5.74) is 4.10. The van der Waals surface area contributed by atoms with Crippen LogP contribution in [-0.2, 0) is 0 Å². The maximum atomic E-state index is 6.43. The van der Waals surface area contributed by atoms with Crippen molar-refractivity contribution in [3.63, 3.8) is 0 Å². The van der Waals surface area contributed by atoms with Crippen LogP contribution in [0.2, 0.25) is 0 Å². The minimum atomic E-state index is 0.897. The van der Waals surface area contributed by atoms with Crippen LogP contribution in [0.15, 0.2) is 102 Å². The number of hydrogen-bond donors (Lipinski definition) is 0. The maximum absolute atomic E-state index is 6.43. The van der Waals surface area contributed by atoms with Gasteiger partial charge in [0, 0.05) is 39.2 Å². The summed E-state index contributed by atoms with van der Waals surface area (Å²) in [4.78, 5) is 4.62. The molecule has 0 aliphatic heterocycles. The summed E-state index contributed by atoms with van der Waals surface area (Å²) in [5, 5.41) is 7.06. The molecule has 0 spiro atoms. The van der Waals surface area contributed by atoms with Crippen molar-refractivity contribution in [2.24, 2.45) is 0 Å². The SMILES string of the molecule is c1ccc(-n2c3ccccc3c3cc4c(cc32)oc2c3ccccc3ccc42)nc1. The van der Waals surface area contributed by atoms with E-state index in [1.54, 1.807) is 0 Å². The van der Waals surface area contributed by atoms with Crippen molar-refractivity contribution < 1.29 is 4.42 Å². The molecule has 0 unspecified atom stereocenters. The average molecular weight is 384 g/mol. The van der Waals surface area contributed by atoms with E-state index in [9.17, 15) is 0 Å². The predicted molar refractivity (Wildman–Crippen MR) is 123 cm³/mol. The number of fused-ring (bicyclic) bond motifs is 8. The smallest absolute Gasteiger partial charge is 0.143 e. The highest BCUT2D eigenvalue weighted by Crippen LogP contribution is 2.39. The van der Waals surface area contributed by atoms with Gasteiger partial charge in [0.15, 0.2) is 0 Å². The second kappa shape index (κ2) is 5.71. The lowest BCUT2D eigenvalue weighted by Gasteiger charge is -2.05. The van der Waals surface area contributed by atoms with Crippen LogP contribution in [0.3, 0.4) is 0 Å². The Kier molecular flexibility index (Phi) is 3.00. The Morgan fingerprint density at radius 3 is 2.33 bits per heavy atom. The third-order valence-corrected chi connectivity index (χ3v) is 6.03. The quantitative estimate of drug-likeness (QED) is 0.299. The molecule has 3 heterocycles. The van der Waals surface area contributed by atoms with Crippen molar-refractivity contribution in [1.29, 1.82) is 0 Å². The van der Waals surface area contributed by atoms with E-state index in [1.807, 2.05) is 24.4 Å². The minimum absolute atomic E-state index is 0.897. The monoisotopic (exact) mass is 384 g/mol. The van der Waals surface area contributed by atoms with E-state index in [0.29, 0.717) is 0 Å². The van der Waals surface area contributed by atoms with Gasteiger partial charge in [0.05, 0.1) is 11.0 Å². The van der Waals surface area contributed by atoms with Gasteiger partial charge in [0.2, 0.25) is 0 Å². The molecule has 140 valence electrons. The predicted octanol–water partition coefficient (Wildman–Crippen LogP) is 7.23. The van der Waals surface area contributed by atoms with Crippen molar-refractivity contribution >= 4 is 54.5 Å². The summed E-state index contributed by atoms with van der Waals surface area (Å²) < 4.78 is 8.64. The molecule has 3 heteroatoms. The molecule has 7 rings (SSSR count). The van der Waals surface area contributed by atoms with E-state index in [0.717, 1.165) is 44.2 Å². The zero-order valence-electron chi connectivity index (χ0n) is 16.0. The minimum Gasteiger partial charge on any atom is -0.455 e. The molecule has 0 bridgehead atoms. The molecule has 3 nitrogen and oxygen atoms in total. The highest BCUT2D eigenvalue weighted by Gasteiger charge is 2.17. The highest BCUT2D eigenvalue weighted by atomic mass is 16.3. The van der Waals surface area contributed by atoms with E-state index in [1.165, 1.54) is 16.2 Å². The number of para-hydroxylation sites is 1. The van der Waals surface area contributed by atoms with Crippen molar-refractivity contribution in [1.82, 2.24) is 9.55 Å². The molecule has 0 atom stereocenters. The van der Waals surface area contributed by atoms with Gasteiger partial charge in [-0.15, -0.1) is 0 Å². The lowest BCUT2D eigenvalue weighted by Crippen LogP contribution is -1.95. The summed E-state index contributed by atoms with van der Waals surface area (Å²) >= 11 is 0. The van der Waals surface area contributed by atoms with Crippen LogP contribution >= 0.6 is 0 Å². The van der Waals surface area contributed by atoms with Crippen molar-refractivity contribution in [3.8, 4) is 5.82 Å². The first-order valence-electron chi connectivity index (χ1n) is 10.1. The summed E-state index contributed by atoms with van der Waals surface area (Å²) in [6, 6.07) is 31.7. The maximum Gasteiger partial charge on any atom is 0.143 e. The van der Waals surface area contributed by atoms with E-state index < -0.39 is 0 Å². The Bertz CT molecular complexity index is 1740. The van der Waals surface area contributed by atoms with Gasteiger partial charge >= 0.3 is 0 Å². The van der Waals surface area contributed by atoms with Gasteiger partial charge in [-0.05, 0) is 35.7 Å². The Labute approximate surface area is 171 Å². The van der Waals surface area contributed by atoms with Crippen molar-refractivity contribution in [2.45, 2.75) is 0 Å². The summed E-state index contributed by atoms with van der Waals surface area (Å²) in [5.74, 6) is 0.907. The molecule has 0 aliphatic rings. The van der Waals surface area contributed by atoms with Crippen molar-refractivity contribution in [3.05, 3.63) is 97.2 Å². The van der Waals surface area contributed by atoms with Crippen LogP contribution in [0.1, 0.15) is 0 Å². The third-order valence-electron chi connectivity index (χ3n) is 6.03. The third kappa shape index (κ3) is 2.01. The molecule has 0 amide bonds. The molecular weight excluding hydrogens is 368 g/mol. The molecular formula is C27H16N2O. The van der Waals surface area contributed by atoms with Crippen LogP contribution in [0, 0.1) is 0 Å². The fourth-order valence-electron chi connectivity index (χ4n) is 4.70. The first-order chi connectivity index (χ1) is 14.9. The second-order valence-electron chi connectivity index (χ2n) is 7.67. The van der Waals surface area contributed by atoms with Crippen LogP contribution in [0.4, 0.5) is 0 Å². The summed E-state index contributed by atoms with van der Waals surface area (Å²) in [7, 11) is 0. The fourth-order valence-corrected chi connectivity index (χ4v) is 4.70. The standard InChI is InChI=1S/C27H16N2O/c1-2-8-18-17(7-1)12-13-20-22-15-21-19-9-3-4-10-23(19)29(26-11-5-6-14-28-26)24(21)16-25(22)30-27(18)20/h1-16H. The van der Waals surface area contributed by atoms with Gasteiger partial charge in [0.1, 0.15) is 17.0 Å². The molecule has 7 aromatic rings. The van der Waals surface area contributed by atoms with Crippen LogP contribution in [0.25, 0.3) is 60.3 Å². The Balaban J connectivity index is 1.68. The number of aromatic nitrogens is 2. The molecule has 0 fully saturated rings. The number of hydrogen-bond acceptors (Lipinski definition) is 2. The van der Waals surface area contributed by atoms with Gasteiger partial charge < -0.3 is 4.42 Å². The molecule has 4 aromatic carbocycles. The second-order valence-corrected chi connectivity index (χ2v) is 7.67. The largest absolute Gasteiger partial charge is 0.455 e. The van der Waals surface area contributed by atoms with Gasteiger partial charge in [-0.25, -0.2) is 4.98 Å². The molecule has 0 aliphatic carbocycles. The Morgan fingerprint density at radius 1 is 0.600 bits per heavy atom. The topological polar surface area (TPSA) is 31.0 Å². The lowest BCUT2D eigenvalue weighted by atomic mass is 10.0. The number of benzene rings is 4. The van der Waals surface area contributed by atoms with Crippen LogP contribution in [-0.4, -0.2) is 9.55 Å². The van der Waals surface area contributed by atoms with E-state index in [4.69, 9.17) is 4.42 Å². The molecule has 0 saturated heterocycles. The summed E-state index contributed by atoms with van der Waals surface area (Å²) in [6.45, 7) is 0. The van der Waals surface area contributed by atoms with E-state index >= 15 is 0 Å². The normalized spacial score (nSPS) is 12.0. The molecule has 0 radical (unpaired) electrons. The molecule has 30 heavy (non-hydrogen) atoms. The fraction of sp³-hybridized carbons (Fsp3) is 0. The zero-order valence-corrected chi connectivity index (χ0v) is 16.0. The van der Waals surface area contributed by atoms with E-state index in [-0.39, 0.29) is 0 Å². The van der Waals surface area contributed by atoms with Gasteiger partial charge in [-0.2, -0.15) is 0 Å². The van der Waals surface area contributed by atoms with Gasteiger partial charge in [-0.3, -0.25) is 4.57 Å². The first-order valence-corrected chi connectivity index (χ1v) is 10.1. The Hall–Kier alpha value is -4.11. The van der Waals surface area contributed by atoms with E-state index in [2.05, 4.69) is 82.3 Å². The van der Waals surface area contributed by atoms with Gasteiger partial charge in [0.25, 0.3) is 0 Å². The summed E-state index contributed by atoms with van der Waals surface area (Å²) in [6.07, 6.45) is 1.84.